The van der Waals surface area contributed by atoms with Crippen LogP contribution in [0.2, 0.25) is 0 Å². The van der Waals surface area contributed by atoms with Gasteiger partial charge in [0.25, 0.3) is 0 Å². The van der Waals surface area contributed by atoms with Gasteiger partial charge in [0, 0.05) is 18.5 Å². The molecule has 17 heavy (non-hydrogen) atoms. The summed E-state index contributed by atoms with van der Waals surface area (Å²) in [5.74, 6) is -0.659. The largest absolute Gasteiger partial charge is 0.370 e. The van der Waals surface area contributed by atoms with Crippen molar-refractivity contribution >= 4 is 17.5 Å². The second kappa shape index (κ2) is 8.33. The Bertz CT molecular complexity index is 375. The first kappa shape index (κ1) is 15.2. The van der Waals surface area contributed by atoms with Crippen LogP contribution in [0.4, 0.5) is 5.69 Å². The van der Waals surface area contributed by atoms with Crippen molar-refractivity contribution in [2.75, 3.05) is 5.32 Å². The third-order valence-electron chi connectivity index (χ3n) is 1.90. The quantitative estimate of drug-likeness (QED) is 0.841. The monoisotopic (exact) mass is 236 g/mol. The van der Waals surface area contributed by atoms with Crippen LogP contribution in [0, 0.1) is 6.92 Å². The molecular formula is C13H20N2O2. The summed E-state index contributed by atoms with van der Waals surface area (Å²) in [6, 6.07) is 7.47. The molecule has 0 aliphatic carbocycles. The number of carbonyl (C=O) groups is 2. The van der Waals surface area contributed by atoms with Crippen LogP contribution >= 0.6 is 0 Å². The Morgan fingerprint density at radius 3 is 2.41 bits per heavy atom. The van der Waals surface area contributed by atoms with Crippen LogP contribution in [0.1, 0.15) is 32.3 Å². The maximum Gasteiger partial charge on any atom is 0.224 e. The van der Waals surface area contributed by atoms with Crippen LogP contribution in [-0.2, 0) is 9.59 Å². The molecule has 0 atom stereocenters. The summed E-state index contributed by atoms with van der Waals surface area (Å²) in [5, 5.41) is 2.69. The van der Waals surface area contributed by atoms with Gasteiger partial charge in [-0.2, -0.15) is 0 Å². The third kappa shape index (κ3) is 7.11. The number of nitrogens with one attached hydrogen (secondary N) is 1. The highest BCUT2D eigenvalue weighted by Crippen LogP contribution is 2.09. The fraction of sp³-hybridized carbons (Fsp3) is 0.385. The van der Waals surface area contributed by atoms with Gasteiger partial charge < -0.3 is 11.1 Å². The molecule has 4 nitrogen and oxygen atoms in total. The summed E-state index contributed by atoms with van der Waals surface area (Å²) in [4.78, 5) is 21.8. The predicted molar refractivity (Wildman–Crippen MR) is 69.6 cm³/mol. The number of anilines is 1. The number of rotatable bonds is 4. The molecule has 4 heteroatoms. The normalized spacial score (nSPS) is 8.88. The molecule has 3 N–H and O–H groups in total. The zero-order valence-electron chi connectivity index (χ0n) is 10.6. The zero-order valence-corrected chi connectivity index (χ0v) is 10.6. The Kier molecular flexibility index (Phi) is 7.43. The Morgan fingerprint density at radius 1 is 1.24 bits per heavy atom. The predicted octanol–water partition coefficient (Wildman–Crippen LogP) is 2.23. The lowest BCUT2D eigenvalue weighted by Crippen LogP contribution is -2.17. The molecule has 0 fully saturated rings. The minimum absolute atomic E-state index is 0.0810. The standard InChI is InChI=1S/C11H14N2O2.C2H6/c1-8-3-2-4-9(7-8)13-11(15)6-5-10(12)14;1-2/h2-4,7H,5-6H2,1H3,(H2,12,14)(H,13,15);1-2H3. The number of aryl methyl sites for hydroxylation is 1. The zero-order chi connectivity index (χ0) is 13.3. The van der Waals surface area contributed by atoms with Crippen molar-refractivity contribution in [3.05, 3.63) is 29.8 Å². The number of primary amides is 1. The lowest BCUT2D eigenvalue weighted by molar-refractivity contribution is -0.122. The van der Waals surface area contributed by atoms with E-state index < -0.39 is 5.91 Å². The van der Waals surface area contributed by atoms with Gasteiger partial charge in [0.15, 0.2) is 0 Å². The smallest absolute Gasteiger partial charge is 0.224 e. The fourth-order valence-corrected chi connectivity index (χ4v) is 1.18. The average molecular weight is 236 g/mol. The maximum atomic E-state index is 11.3. The molecule has 0 saturated heterocycles. The van der Waals surface area contributed by atoms with Crippen LogP contribution in [0.3, 0.4) is 0 Å². The van der Waals surface area contributed by atoms with Crippen LogP contribution in [0.15, 0.2) is 24.3 Å². The Labute approximate surface area is 102 Å². The topological polar surface area (TPSA) is 72.2 Å². The average Bonchev–Trinajstić information content (AvgIpc) is 2.29. The number of hydrogen-bond acceptors (Lipinski definition) is 2. The van der Waals surface area contributed by atoms with Crippen molar-refractivity contribution in [2.24, 2.45) is 5.73 Å². The lowest BCUT2D eigenvalue weighted by atomic mass is 10.2. The van der Waals surface area contributed by atoms with E-state index in [1.165, 1.54) is 0 Å². The van der Waals surface area contributed by atoms with E-state index in [-0.39, 0.29) is 18.7 Å². The number of benzene rings is 1. The molecule has 0 spiro atoms. The van der Waals surface area contributed by atoms with Crippen molar-refractivity contribution in [3.63, 3.8) is 0 Å². The van der Waals surface area contributed by atoms with Gasteiger partial charge in [0.05, 0.1) is 0 Å². The van der Waals surface area contributed by atoms with Crippen LogP contribution < -0.4 is 11.1 Å². The molecule has 0 heterocycles. The summed E-state index contributed by atoms with van der Waals surface area (Å²) >= 11 is 0. The minimum Gasteiger partial charge on any atom is -0.370 e. The molecule has 0 aromatic heterocycles. The number of amides is 2. The summed E-state index contributed by atoms with van der Waals surface area (Å²) < 4.78 is 0. The van der Waals surface area contributed by atoms with Gasteiger partial charge >= 0.3 is 0 Å². The SMILES string of the molecule is CC.Cc1cccc(NC(=O)CCC(N)=O)c1. The van der Waals surface area contributed by atoms with Crippen LogP contribution in [0.25, 0.3) is 0 Å². The molecule has 0 unspecified atom stereocenters. The molecule has 2 amide bonds. The Hall–Kier alpha value is -1.84. The van der Waals surface area contributed by atoms with Crippen molar-refractivity contribution < 1.29 is 9.59 Å². The van der Waals surface area contributed by atoms with Gasteiger partial charge in [-0.15, -0.1) is 0 Å². The van der Waals surface area contributed by atoms with Crippen LogP contribution in [-0.4, -0.2) is 11.8 Å². The van der Waals surface area contributed by atoms with Gasteiger partial charge in [0.1, 0.15) is 0 Å². The first-order chi connectivity index (χ1) is 8.08. The van der Waals surface area contributed by atoms with E-state index in [1.54, 1.807) is 6.07 Å². The highest BCUT2D eigenvalue weighted by molar-refractivity contribution is 5.93. The molecule has 0 saturated carbocycles. The summed E-state index contributed by atoms with van der Waals surface area (Å²) in [6.07, 6.45) is 0.209. The van der Waals surface area contributed by atoms with Gasteiger partial charge in [0.2, 0.25) is 11.8 Å². The molecule has 94 valence electrons. The van der Waals surface area contributed by atoms with Crippen molar-refractivity contribution in [2.45, 2.75) is 33.6 Å². The molecular weight excluding hydrogens is 216 g/mol. The molecule has 1 aromatic carbocycles. The van der Waals surface area contributed by atoms with E-state index in [1.807, 2.05) is 39.0 Å². The Balaban J connectivity index is 0.00000121. The third-order valence-corrected chi connectivity index (χ3v) is 1.90. The van der Waals surface area contributed by atoms with E-state index in [0.29, 0.717) is 0 Å². The molecule has 0 aliphatic heterocycles. The van der Waals surface area contributed by atoms with Gasteiger partial charge in [-0.1, -0.05) is 26.0 Å². The Morgan fingerprint density at radius 2 is 1.88 bits per heavy atom. The summed E-state index contributed by atoms with van der Waals surface area (Å²) in [5.41, 5.74) is 6.75. The van der Waals surface area contributed by atoms with Crippen molar-refractivity contribution in [1.82, 2.24) is 0 Å². The highest BCUT2D eigenvalue weighted by Gasteiger charge is 2.04. The summed E-state index contributed by atoms with van der Waals surface area (Å²) in [7, 11) is 0. The fourth-order valence-electron chi connectivity index (χ4n) is 1.18. The molecule has 0 aliphatic rings. The van der Waals surface area contributed by atoms with Gasteiger partial charge in [-0.05, 0) is 24.6 Å². The first-order valence-corrected chi connectivity index (χ1v) is 5.73. The van der Waals surface area contributed by atoms with Crippen molar-refractivity contribution in [1.29, 1.82) is 0 Å². The first-order valence-electron chi connectivity index (χ1n) is 5.73. The van der Waals surface area contributed by atoms with E-state index in [9.17, 15) is 9.59 Å². The second-order valence-corrected chi connectivity index (χ2v) is 3.38. The van der Waals surface area contributed by atoms with E-state index >= 15 is 0 Å². The second-order valence-electron chi connectivity index (χ2n) is 3.38. The van der Waals surface area contributed by atoms with E-state index in [0.717, 1.165) is 11.3 Å². The summed E-state index contributed by atoms with van der Waals surface area (Å²) in [6.45, 7) is 5.94. The van der Waals surface area contributed by atoms with E-state index in [2.05, 4.69) is 5.32 Å². The molecule has 1 aromatic rings. The van der Waals surface area contributed by atoms with Crippen LogP contribution in [0.5, 0.6) is 0 Å². The minimum atomic E-state index is -0.464. The molecule has 1 rings (SSSR count). The van der Waals surface area contributed by atoms with Crippen molar-refractivity contribution in [3.8, 4) is 0 Å². The van der Waals surface area contributed by atoms with E-state index in [4.69, 9.17) is 5.73 Å². The van der Waals surface area contributed by atoms with Gasteiger partial charge in [-0.25, -0.2) is 0 Å². The van der Waals surface area contributed by atoms with Gasteiger partial charge in [-0.3, -0.25) is 9.59 Å². The highest BCUT2D eigenvalue weighted by atomic mass is 16.2. The lowest BCUT2D eigenvalue weighted by Gasteiger charge is -2.04. The number of carbonyl (C=O) groups excluding carboxylic acids is 2. The number of nitrogens with two attached hydrogens (primary N) is 1. The molecule has 0 bridgehead atoms. The molecule has 0 radical (unpaired) electrons. The number of hydrogen-bond donors (Lipinski definition) is 2. The maximum absolute atomic E-state index is 11.3.